The van der Waals surface area contributed by atoms with Crippen LogP contribution in [-0.4, -0.2) is 69.6 Å². The molecule has 0 aromatic carbocycles. The van der Waals surface area contributed by atoms with Crippen molar-refractivity contribution in [3.8, 4) is 0 Å². The first-order valence-corrected chi connectivity index (χ1v) is 14.8. The molecule has 0 bridgehead atoms. The minimum absolute atomic E-state index is 0.127. The molecular weight excluding hydrogens is 541 g/mol. The van der Waals surface area contributed by atoms with Crippen LogP contribution in [0.15, 0.2) is 21.9 Å². The lowest BCUT2D eigenvalue weighted by Gasteiger charge is -2.24. The summed E-state index contributed by atoms with van der Waals surface area (Å²) in [4.78, 5) is 50.2. The van der Waals surface area contributed by atoms with Gasteiger partial charge < -0.3 is 14.6 Å². The summed E-state index contributed by atoms with van der Waals surface area (Å²) >= 11 is 0.924. The number of aromatic nitrogens is 2. The monoisotopic (exact) mass is 579 g/mol. The molecule has 0 amide bonds. The maximum absolute atomic E-state index is 13.5. The van der Waals surface area contributed by atoms with E-state index in [1.54, 1.807) is 27.7 Å². The molecule has 13 nitrogen and oxygen atoms in total. The molecule has 3 N–H and O–H groups in total. The summed E-state index contributed by atoms with van der Waals surface area (Å²) in [6.45, 7) is 9.26. The van der Waals surface area contributed by atoms with Crippen LogP contribution in [0.25, 0.3) is 0 Å². The van der Waals surface area contributed by atoms with Crippen LogP contribution in [0, 0.1) is 11.3 Å². The Morgan fingerprint density at radius 3 is 2.61 bits per heavy atom. The molecule has 0 spiro atoms. The highest BCUT2D eigenvalue weighted by atomic mass is 32.2. The van der Waals surface area contributed by atoms with E-state index in [1.807, 2.05) is 6.92 Å². The molecule has 5 atom stereocenters. The van der Waals surface area contributed by atoms with Crippen LogP contribution in [0.1, 0.15) is 54.2 Å². The number of aromatic amines is 1. The molecule has 1 unspecified atom stereocenters. The fraction of sp³-hybridized carbons (Fsp3) is 0.739. The van der Waals surface area contributed by atoms with E-state index < -0.39 is 48.8 Å². The van der Waals surface area contributed by atoms with Crippen molar-refractivity contribution >= 4 is 30.6 Å². The first-order chi connectivity index (χ1) is 17.7. The van der Waals surface area contributed by atoms with Gasteiger partial charge in [-0.3, -0.25) is 33.0 Å². The molecule has 2 heterocycles. The highest BCUT2D eigenvalue weighted by Crippen LogP contribution is 2.46. The fourth-order valence-electron chi connectivity index (χ4n) is 3.46. The number of H-pyrrole nitrogens is 1. The van der Waals surface area contributed by atoms with Crippen molar-refractivity contribution in [3.63, 3.8) is 0 Å². The van der Waals surface area contributed by atoms with Crippen LogP contribution in [-0.2, 0) is 32.7 Å². The van der Waals surface area contributed by atoms with E-state index in [4.69, 9.17) is 18.5 Å². The quantitative estimate of drug-likeness (QED) is 0.166. The van der Waals surface area contributed by atoms with Crippen LogP contribution >= 0.6 is 19.5 Å². The SMILES string of the molecule is CC(C)OC(=O)[C@@H](C)NP(=O)(OCCSC(=O)C(C)(C)CO)OC[C@@H]1C[C@H](C)[C@H](n2ccc(=O)[nH]c2=O)O1. The first kappa shape index (κ1) is 32.4. The highest BCUT2D eigenvalue weighted by Gasteiger charge is 2.38. The van der Waals surface area contributed by atoms with Gasteiger partial charge in [-0.05, 0) is 41.0 Å². The van der Waals surface area contributed by atoms with Gasteiger partial charge in [0.2, 0.25) is 0 Å². The Balaban J connectivity index is 2.05. The lowest BCUT2D eigenvalue weighted by atomic mass is 9.97. The number of esters is 1. The Bertz CT molecular complexity index is 1120. The summed E-state index contributed by atoms with van der Waals surface area (Å²) in [6.07, 6.45) is 0.194. The summed E-state index contributed by atoms with van der Waals surface area (Å²) in [6, 6.07) is 0.191. The van der Waals surface area contributed by atoms with E-state index in [2.05, 4.69) is 10.1 Å². The Hall–Kier alpha value is -1.80. The van der Waals surface area contributed by atoms with Crippen LogP contribution < -0.4 is 16.3 Å². The second-order valence-corrected chi connectivity index (χ2v) is 12.9. The number of ether oxygens (including phenoxy) is 2. The van der Waals surface area contributed by atoms with Gasteiger partial charge in [0.1, 0.15) is 12.3 Å². The molecule has 15 heteroatoms. The predicted molar refractivity (Wildman–Crippen MR) is 141 cm³/mol. The van der Waals surface area contributed by atoms with Crippen molar-refractivity contribution in [3.05, 3.63) is 33.1 Å². The molecule has 1 aromatic rings. The van der Waals surface area contributed by atoms with Gasteiger partial charge in [0, 0.05) is 23.9 Å². The Morgan fingerprint density at radius 2 is 2.00 bits per heavy atom. The summed E-state index contributed by atoms with van der Waals surface area (Å²) in [5, 5.41) is 11.7. The number of hydrogen-bond acceptors (Lipinski definition) is 11. The summed E-state index contributed by atoms with van der Waals surface area (Å²) in [5.74, 6) is -0.640. The molecule has 0 aliphatic carbocycles. The number of thioether (sulfide) groups is 1. The van der Waals surface area contributed by atoms with E-state index in [0.717, 1.165) is 11.8 Å². The maximum Gasteiger partial charge on any atom is 0.406 e. The van der Waals surface area contributed by atoms with Crippen molar-refractivity contribution in [1.82, 2.24) is 14.6 Å². The largest absolute Gasteiger partial charge is 0.462 e. The number of hydrogen-bond donors (Lipinski definition) is 3. The fourth-order valence-corrected chi connectivity index (χ4v) is 5.89. The number of aliphatic hydroxyl groups is 1. The van der Waals surface area contributed by atoms with Gasteiger partial charge in [0.15, 0.2) is 5.12 Å². The lowest BCUT2D eigenvalue weighted by Crippen LogP contribution is -2.36. The van der Waals surface area contributed by atoms with E-state index in [0.29, 0.717) is 6.42 Å². The van der Waals surface area contributed by atoms with Crippen LogP contribution in [0.4, 0.5) is 0 Å². The van der Waals surface area contributed by atoms with Gasteiger partial charge in [-0.15, -0.1) is 0 Å². The second kappa shape index (κ2) is 14.0. The number of nitrogens with one attached hydrogen (secondary N) is 2. The van der Waals surface area contributed by atoms with Gasteiger partial charge in [-0.25, -0.2) is 14.4 Å². The number of aliphatic hydroxyl groups excluding tert-OH is 1. The Morgan fingerprint density at radius 1 is 1.32 bits per heavy atom. The van der Waals surface area contributed by atoms with E-state index in [9.17, 15) is 28.8 Å². The van der Waals surface area contributed by atoms with Gasteiger partial charge in [-0.1, -0.05) is 18.7 Å². The number of rotatable bonds is 14. The predicted octanol–water partition coefficient (Wildman–Crippen LogP) is 1.81. The molecule has 1 aliphatic heterocycles. The molecule has 0 saturated carbocycles. The molecule has 1 aliphatic rings. The molecule has 38 heavy (non-hydrogen) atoms. The highest BCUT2D eigenvalue weighted by molar-refractivity contribution is 8.13. The second-order valence-electron chi connectivity index (χ2n) is 10.0. The summed E-state index contributed by atoms with van der Waals surface area (Å²) in [7, 11) is -4.08. The normalized spacial score (nSPS) is 22.3. The number of carbonyl (C=O) groups is 2. The zero-order valence-electron chi connectivity index (χ0n) is 22.5. The van der Waals surface area contributed by atoms with Gasteiger partial charge in [0.25, 0.3) is 5.56 Å². The van der Waals surface area contributed by atoms with Crippen LogP contribution in [0.3, 0.4) is 0 Å². The summed E-state index contributed by atoms with van der Waals surface area (Å²) in [5.41, 5.74) is -2.06. The minimum Gasteiger partial charge on any atom is -0.462 e. The van der Waals surface area contributed by atoms with Crippen molar-refractivity contribution < 1.29 is 37.8 Å². The number of carbonyl (C=O) groups excluding carboxylic acids is 2. The van der Waals surface area contributed by atoms with Crippen molar-refractivity contribution in [2.75, 3.05) is 25.6 Å². The topological polar surface area (TPSA) is 175 Å². The molecule has 1 fully saturated rings. The molecule has 1 saturated heterocycles. The average Bonchev–Trinajstić information content (AvgIpc) is 3.20. The molecule has 2 rings (SSSR count). The minimum atomic E-state index is -4.08. The average molecular weight is 580 g/mol. The van der Waals surface area contributed by atoms with Crippen LogP contribution in [0.5, 0.6) is 0 Å². The van der Waals surface area contributed by atoms with E-state index in [-0.39, 0.29) is 42.7 Å². The Labute approximate surface area is 225 Å². The first-order valence-electron chi connectivity index (χ1n) is 12.3. The van der Waals surface area contributed by atoms with Crippen molar-refractivity contribution in [1.29, 1.82) is 0 Å². The van der Waals surface area contributed by atoms with E-state index >= 15 is 0 Å². The van der Waals surface area contributed by atoms with Crippen molar-refractivity contribution in [2.24, 2.45) is 11.3 Å². The van der Waals surface area contributed by atoms with Crippen molar-refractivity contribution in [2.45, 2.75) is 72.4 Å². The zero-order chi connectivity index (χ0) is 28.7. The molecule has 216 valence electrons. The smallest absolute Gasteiger partial charge is 0.406 e. The van der Waals surface area contributed by atoms with Gasteiger partial charge in [-0.2, -0.15) is 0 Å². The molecular formula is C23H38N3O10PS. The maximum atomic E-state index is 13.5. The standard InChI is InChI=1S/C23H38N3O10PS/c1-14(2)35-20(29)16(4)25-37(32,33-9-10-38-21(30)23(5,6)13-27)34-12-17-11-15(3)19(36-17)26-8-7-18(28)24-22(26)31/h7-8,14-17,19,27H,9-13H2,1-6H3,(H,25,32)(H,24,28,31)/t15-,16+,17-,19+,37?/m0/s1. The zero-order valence-corrected chi connectivity index (χ0v) is 24.2. The van der Waals surface area contributed by atoms with Gasteiger partial charge >= 0.3 is 19.4 Å². The third-order valence-electron chi connectivity index (χ3n) is 5.59. The third-order valence-corrected chi connectivity index (χ3v) is 8.49. The molecule has 0 radical (unpaired) electrons. The van der Waals surface area contributed by atoms with Gasteiger partial charge in [0.05, 0.1) is 37.4 Å². The number of nitrogens with zero attached hydrogens (tertiary/aromatic N) is 1. The molecule has 1 aromatic heterocycles. The van der Waals surface area contributed by atoms with Crippen LogP contribution in [0.2, 0.25) is 0 Å². The third kappa shape index (κ3) is 9.44. The summed E-state index contributed by atoms with van der Waals surface area (Å²) < 4.78 is 37.0. The van der Waals surface area contributed by atoms with E-state index in [1.165, 1.54) is 23.8 Å². The Kier molecular flexibility index (Phi) is 12.0. The lowest BCUT2D eigenvalue weighted by molar-refractivity contribution is -0.149.